The third-order valence-electron chi connectivity index (χ3n) is 1.86. The van der Waals surface area contributed by atoms with E-state index in [2.05, 4.69) is 32.6 Å². The molecule has 0 amide bonds. The first kappa shape index (κ1) is 11.1. The summed E-state index contributed by atoms with van der Waals surface area (Å²) in [4.78, 5) is 8.39. The average molecular weight is 351 g/mol. The van der Waals surface area contributed by atoms with E-state index in [0.717, 1.165) is 15.0 Å². The fourth-order valence-corrected chi connectivity index (χ4v) is 2.17. The van der Waals surface area contributed by atoms with Gasteiger partial charge in [0.15, 0.2) is 0 Å². The quantitative estimate of drug-likeness (QED) is 0.725. The van der Waals surface area contributed by atoms with Crippen molar-refractivity contribution in [3.05, 3.63) is 44.3 Å². The Labute approximate surface area is 111 Å². The third kappa shape index (κ3) is 2.24. The Morgan fingerprint density at radius 2 is 1.80 bits per heavy atom. The summed E-state index contributed by atoms with van der Waals surface area (Å²) in [6.45, 7) is 0. The van der Waals surface area contributed by atoms with Gasteiger partial charge >= 0.3 is 0 Å². The topological polar surface area (TPSA) is 25.8 Å². The molecule has 0 fully saturated rings. The lowest BCUT2D eigenvalue weighted by molar-refractivity contribution is 1.17. The van der Waals surface area contributed by atoms with E-state index >= 15 is 0 Å². The van der Waals surface area contributed by atoms with Gasteiger partial charge in [0.2, 0.25) is 0 Å². The van der Waals surface area contributed by atoms with Crippen molar-refractivity contribution in [2.24, 2.45) is 0 Å². The van der Waals surface area contributed by atoms with Crippen molar-refractivity contribution < 1.29 is 0 Å². The van der Waals surface area contributed by atoms with Crippen molar-refractivity contribution >= 4 is 45.8 Å². The van der Waals surface area contributed by atoms with E-state index in [1.165, 1.54) is 0 Å². The summed E-state index contributed by atoms with van der Waals surface area (Å²) in [5.74, 6) is 0. The highest BCUT2D eigenvalue weighted by Crippen LogP contribution is 2.33. The number of halogens is 3. The van der Waals surface area contributed by atoms with Crippen molar-refractivity contribution in [3.8, 4) is 11.3 Å². The van der Waals surface area contributed by atoms with Crippen LogP contribution in [0.3, 0.4) is 0 Å². The summed E-state index contributed by atoms with van der Waals surface area (Å²) in [5, 5.41) is 1.04. The molecule has 0 unspecified atom stereocenters. The molecule has 1 heterocycles. The maximum Gasteiger partial charge on any atom is 0.127 e. The maximum absolute atomic E-state index is 6.10. The number of hydrogen-bond acceptors (Lipinski definition) is 2. The Morgan fingerprint density at radius 3 is 2.53 bits per heavy atom. The van der Waals surface area contributed by atoms with Crippen LogP contribution in [0.1, 0.15) is 0 Å². The zero-order valence-corrected chi connectivity index (χ0v) is 11.1. The van der Waals surface area contributed by atoms with Gasteiger partial charge in [-0.05, 0) is 28.7 Å². The van der Waals surface area contributed by atoms with Crippen LogP contribution in [0, 0.1) is 3.70 Å². The molecule has 0 aliphatic heterocycles. The van der Waals surface area contributed by atoms with Crippen molar-refractivity contribution in [2.75, 3.05) is 0 Å². The molecule has 0 spiro atoms. The summed E-state index contributed by atoms with van der Waals surface area (Å²) in [6, 6.07) is 5.46. The molecule has 2 rings (SSSR count). The first-order valence-electron chi connectivity index (χ1n) is 4.11. The summed E-state index contributed by atoms with van der Waals surface area (Å²) >= 11 is 14.1. The van der Waals surface area contributed by atoms with Gasteiger partial charge in [0.25, 0.3) is 0 Å². The molecule has 1 aromatic carbocycles. The zero-order chi connectivity index (χ0) is 10.8. The first-order chi connectivity index (χ1) is 7.20. The molecule has 1 aromatic heterocycles. The van der Waals surface area contributed by atoms with Gasteiger partial charge in [-0.15, -0.1) is 0 Å². The highest BCUT2D eigenvalue weighted by atomic mass is 127. The van der Waals surface area contributed by atoms with Gasteiger partial charge in [-0.2, -0.15) is 0 Å². The second-order valence-corrected chi connectivity index (χ2v) is 4.60. The lowest BCUT2D eigenvalue weighted by Crippen LogP contribution is -1.91. The Balaban J connectivity index is 2.65. The molecule has 2 nitrogen and oxygen atoms in total. The number of aromatic nitrogens is 2. The zero-order valence-electron chi connectivity index (χ0n) is 7.42. The Morgan fingerprint density at radius 1 is 1.07 bits per heavy atom. The first-order valence-corrected chi connectivity index (χ1v) is 5.94. The molecule has 2 aromatic rings. The highest BCUT2D eigenvalue weighted by molar-refractivity contribution is 14.1. The number of rotatable bonds is 1. The molecule has 0 atom stereocenters. The van der Waals surface area contributed by atoms with Crippen molar-refractivity contribution in [2.45, 2.75) is 0 Å². The molecule has 0 bridgehead atoms. The minimum absolute atomic E-state index is 0.512. The van der Waals surface area contributed by atoms with Crippen molar-refractivity contribution in [1.29, 1.82) is 0 Å². The molecule has 5 heteroatoms. The molecular weight excluding hydrogens is 346 g/mol. The van der Waals surface area contributed by atoms with Crippen LogP contribution in [0.2, 0.25) is 10.0 Å². The Bertz CT molecular complexity index is 503. The van der Waals surface area contributed by atoms with E-state index in [4.69, 9.17) is 23.2 Å². The average Bonchev–Trinajstić information content (AvgIpc) is 2.23. The minimum atomic E-state index is 0.512. The predicted octanol–water partition coefficient (Wildman–Crippen LogP) is 4.06. The predicted molar refractivity (Wildman–Crippen MR) is 70.2 cm³/mol. The maximum atomic E-state index is 6.10. The molecular formula is C10H5Cl2IN2. The van der Waals surface area contributed by atoms with Gasteiger partial charge in [-0.1, -0.05) is 35.3 Å². The van der Waals surface area contributed by atoms with Crippen LogP contribution >= 0.6 is 45.8 Å². The lowest BCUT2D eigenvalue weighted by Gasteiger charge is -2.05. The fourth-order valence-electron chi connectivity index (χ4n) is 1.19. The molecule has 15 heavy (non-hydrogen) atoms. The molecule has 76 valence electrons. The third-order valence-corrected chi connectivity index (χ3v) is 3.47. The van der Waals surface area contributed by atoms with Crippen LogP contribution in [0.15, 0.2) is 30.6 Å². The van der Waals surface area contributed by atoms with Gasteiger partial charge in [-0.25, -0.2) is 4.98 Å². The van der Waals surface area contributed by atoms with E-state index in [1.807, 2.05) is 12.1 Å². The Kier molecular flexibility index (Phi) is 3.43. The molecule has 0 saturated heterocycles. The van der Waals surface area contributed by atoms with Gasteiger partial charge < -0.3 is 0 Å². The normalized spacial score (nSPS) is 10.3. The number of hydrogen-bond donors (Lipinski definition) is 0. The Hall–Kier alpha value is -0.390. The van der Waals surface area contributed by atoms with E-state index in [9.17, 15) is 0 Å². The van der Waals surface area contributed by atoms with Gasteiger partial charge in [0, 0.05) is 18.0 Å². The molecule has 0 aliphatic rings. The smallest absolute Gasteiger partial charge is 0.127 e. The molecule has 0 aliphatic carbocycles. The van der Waals surface area contributed by atoms with E-state index in [0.29, 0.717) is 10.0 Å². The van der Waals surface area contributed by atoms with Gasteiger partial charge in [-0.3, -0.25) is 4.98 Å². The van der Waals surface area contributed by atoms with Crippen LogP contribution in [-0.2, 0) is 0 Å². The van der Waals surface area contributed by atoms with Crippen LogP contribution in [0.5, 0.6) is 0 Å². The van der Waals surface area contributed by atoms with E-state index in [-0.39, 0.29) is 0 Å². The van der Waals surface area contributed by atoms with Crippen LogP contribution in [0.25, 0.3) is 11.3 Å². The van der Waals surface area contributed by atoms with Gasteiger partial charge in [0.1, 0.15) is 9.39 Å². The lowest BCUT2D eigenvalue weighted by atomic mass is 10.1. The highest BCUT2D eigenvalue weighted by Gasteiger charge is 2.10. The monoisotopic (exact) mass is 350 g/mol. The SMILES string of the molecule is Clc1cccc(-c2nccnc2I)c1Cl. The largest absolute Gasteiger partial charge is 0.252 e. The van der Waals surface area contributed by atoms with Crippen LogP contribution < -0.4 is 0 Å². The van der Waals surface area contributed by atoms with Crippen molar-refractivity contribution in [3.63, 3.8) is 0 Å². The fraction of sp³-hybridized carbons (Fsp3) is 0. The van der Waals surface area contributed by atoms with Crippen LogP contribution in [-0.4, -0.2) is 9.97 Å². The summed E-state index contributed by atoms with van der Waals surface area (Å²) in [6.07, 6.45) is 3.28. The second kappa shape index (κ2) is 4.63. The van der Waals surface area contributed by atoms with E-state index < -0.39 is 0 Å². The number of nitrogens with zero attached hydrogens (tertiary/aromatic N) is 2. The van der Waals surface area contributed by atoms with Gasteiger partial charge in [0.05, 0.1) is 10.0 Å². The summed E-state index contributed by atoms with van der Waals surface area (Å²) in [7, 11) is 0. The minimum Gasteiger partial charge on any atom is -0.252 e. The molecule has 0 radical (unpaired) electrons. The molecule has 0 saturated carbocycles. The van der Waals surface area contributed by atoms with Crippen LogP contribution in [0.4, 0.5) is 0 Å². The summed E-state index contributed by atoms with van der Waals surface area (Å²) < 4.78 is 0.805. The van der Waals surface area contributed by atoms with Crippen molar-refractivity contribution in [1.82, 2.24) is 9.97 Å². The van der Waals surface area contributed by atoms with E-state index in [1.54, 1.807) is 18.5 Å². The summed E-state index contributed by atoms with van der Waals surface area (Å²) in [5.41, 5.74) is 1.56. The molecule has 0 N–H and O–H groups in total. The second-order valence-electron chi connectivity index (χ2n) is 2.80. The number of benzene rings is 1. The standard InChI is InChI=1S/C10H5Cl2IN2/c11-7-3-1-2-6(8(7)12)9-10(13)15-5-4-14-9/h1-5H.